The summed E-state index contributed by atoms with van der Waals surface area (Å²) in [4.78, 5) is 6.04. The Morgan fingerprint density at radius 1 is 1.19 bits per heavy atom. The lowest BCUT2D eigenvalue weighted by atomic mass is 10.1. The smallest absolute Gasteiger partial charge is 0.191 e. The van der Waals surface area contributed by atoms with Gasteiger partial charge in [-0.1, -0.05) is 35.9 Å². The Labute approximate surface area is 131 Å². The first kappa shape index (κ1) is 15.6. The SMILES string of the molecule is CCNC(=NCc1cccc(C)c1)NCCc1cccs1. The van der Waals surface area contributed by atoms with Crippen LogP contribution < -0.4 is 10.6 Å². The lowest BCUT2D eigenvalue weighted by Crippen LogP contribution is -2.38. The second-order valence-electron chi connectivity index (χ2n) is 4.94. The minimum Gasteiger partial charge on any atom is -0.357 e. The average molecular weight is 301 g/mol. The first-order valence-corrected chi connectivity index (χ1v) is 8.26. The normalized spacial score (nSPS) is 11.4. The number of hydrogen-bond donors (Lipinski definition) is 2. The monoisotopic (exact) mass is 301 g/mol. The summed E-state index contributed by atoms with van der Waals surface area (Å²) in [6.07, 6.45) is 1.03. The van der Waals surface area contributed by atoms with Crippen LogP contribution in [0.1, 0.15) is 22.9 Å². The third kappa shape index (κ3) is 5.60. The van der Waals surface area contributed by atoms with E-state index < -0.39 is 0 Å². The number of rotatable bonds is 6. The number of aliphatic imine (C=N–C) groups is 1. The predicted molar refractivity (Wildman–Crippen MR) is 92.0 cm³/mol. The first-order chi connectivity index (χ1) is 10.3. The number of aryl methyl sites for hydroxylation is 1. The van der Waals surface area contributed by atoms with Gasteiger partial charge >= 0.3 is 0 Å². The van der Waals surface area contributed by atoms with Crippen molar-refractivity contribution in [1.82, 2.24) is 10.6 Å². The molecule has 0 bridgehead atoms. The van der Waals surface area contributed by atoms with Crippen molar-refractivity contribution in [2.24, 2.45) is 4.99 Å². The quantitative estimate of drug-likeness (QED) is 0.634. The number of guanidine groups is 1. The molecule has 4 heteroatoms. The summed E-state index contributed by atoms with van der Waals surface area (Å²) in [7, 11) is 0. The van der Waals surface area contributed by atoms with E-state index in [1.165, 1.54) is 16.0 Å². The van der Waals surface area contributed by atoms with Crippen LogP contribution in [0.25, 0.3) is 0 Å². The predicted octanol–water partition coefficient (Wildman–Crippen LogP) is 3.35. The zero-order chi connectivity index (χ0) is 14.9. The highest BCUT2D eigenvalue weighted by Crippen LogP contribution is 2.08. The molecule has 2 aromatic rings. The fourth-order valence-corrected chi connectivity index (χ4v) is 2.79. The molecule has 0 saturated heterocycles. The molecule has 0 aliphatic rings. The van der Waals surface area contributed by atoms with Gasteiger partial charge in [-0.3, -0.25) is 0 Å². The maximum atomic E-state index is 4.64. The summed E-state index contributed by atoms with van der Waals surface area (Å²) in [5, 5.41) is 8.80. The molecule has 1 aromatic heterocycles. The molecule has 1 heterocycles. The van der Waals surface area contributed by atoms with Crippen LogP contribution in [0.3, 0.4) is 0 Å². The number of hydrogen-bond acceptors (Lipinski definition) is 2. The summed E-state index contributed by atoms with van der Waals surface area (Å²) in [6, 6.07) is 12.7. The molecule has 0 amide bonds. The summed E-state index contributed by atoms with van der Waals surface area (Å²) in [5.74, 6) is 0.885. The van der Waals surface area contributed by atoms with Gasteiger partial charge in [0.1, 0.15) is 0 Å². The van der Waals surface area contributed by atoms with E-state index in [0.29, 0.717) is 6.54 Å². The second-order valence-corrected chi connectivity index (χ2v) is 5.97. The number of nitrogens with zero attached hydrogens (tertiary/aromatic N) is 1. The zero-order valence-electron chi connectivity index (χ0n) is 12.7. The van der Waals surface area contributed by atoms with E-state index in [0.717, 1.165) is 25.5 Å². The van der Waals surface area contributed by atoms with Crippen LogP contribution in [0.5, 0.6) is 0 Å². The molecule has 112 valence electrons. The van der Waals surface area contributed by atoms with Gasteiger partial charge in [0.25, 0.3) is 0 Å². The van der Waals surface area contributed by atoms with Gasteiger partial charge in [-0.2, -0.15) is 0 Å². The van der Waals surface area contributed by atoms with Crippen molar-refractivity contribution in [3.63, 3.8) is 0 Å². The molecule has 2 rings (SSSR count). The molecule has 0 atom stereocenters. The van der Waals surface area contributed by atoms with E-state index in [9.17, 15) is 0 Å². The Kier molecular flexibility index (Phi) is 6.28. The maximum Gasteiger partial charge on any atom is 0.191 e. The number of benzene rings is 1. The van der Waals surface area contributed by atoms with Crippen LogP contribution in [0, 0.1) is 6.92 Å². The van der Waals surface area contributed by atoms with Gasteiger partial charge in [0.2, 0.25) is 0 Å². The molecular weight excluding hydrogens is 278 g/mol. The van der Waals surface area contributed by atoms with Gasteiger partial charge in [0, 0.05) is 18.0 Å². The van der Waals surface area contributed by atoms with Gasteiger partial charge in [-0.05, 0) is 37.3 Å². The Bertz CT molecular complexity index is 561. The molecule has 0 spiro atoms. The van der Waals surface area contributed by atoms with Crippen molar-refractivity contribution in [1.29, 1.82) is 0 Å². The fourth-order valence-electron chi connectivity index (χ4n) is 2.08. The van der Waals surface area contributed by atoms with Crippen LogP contribution in [0.15, 0.2) is 46.8 Å². The van der Waals surface area contributed by atoms with E-state index in [4.69, 9.17) is 0 Å². The van der Waals surface area contributed by atoms with E-state index >= 15 is 0 Å². The van der Waals surface area contributed by atoms with Crippen LogP contribution in [0.4, 0.5) is 0 Å². The molecule has 1 aromatic carbocycles. The molecule has 0 aliphatic heterocycles. The third-order valence-corrected chi connectivity index (χ3v) is 4.03. The first-order valence-electron chi connectivity index (χ1n) is 7.38. The highest BCUT2D eigenvalue weighted by atomic mass is 32.1. The van der Waals surface area contributed by atoms with Gasteiger partial charge in [-0.15, -0.1) is 11.3 Å². The highest BCUT2D eigenvalue weighted by Gasteiger charge is 1.99. The maximum absolute atomic E-state index is 4.64. The lowest BCUT2D eigenvalue weighted by molar-refractivity contribution is 0.804. The summed E-state index contributed by atoms with van der Waals surface area (Å²) in [5.41, 5.74) is 2.52. The summed E-state index contributed by atoms with van der Waals surface area (Å²) in [6.45, 7) is 6.68. The largest absolute Gasteiger partial charge is 0.357 e. The molecule has 3 nitrogen and oxygen atoms in total. The molecule has 21 heavy (non-hydrogen) atoms. The average Bonchev–Trinajstić information content (AvgIpc) is 2.98. The minimum atomic E-state index is 0.704. The molecular formula is C17H23N3S. The minimum absolute atomic E-state index is 0.704. The van der Waals surface area contributed by atoms with Gasteiger partial charge in [0.05, 0.1) is 6.54 Å². The van der Waals surface area contributed by atoms with E-state index in [1.807, 2.05) is 0 Å². The summed E-state index contributed by atoms with van der Waals surface area (Å²) >= 11 is 1.80. The summed E-state index contributed by atoms with van der Waals surface area (Å²) < 4.78 is 0. The van der Waals surface area contributed by atoms with Crippen molar-refractivity contribution in [2.45, 2.75) is 26.8 Å². The fraction of sp³-hybridized carbons (Fsp3) is 0.353. The topological polar surface area (TPSA) is 36.4 Å². The molecule has 0 fully saturated rings. The molecule has 0 saturated carbocycles. The van der Waals surface area contributed by atoms with Crippen LogP contribution >= 0.6 is 11.3 Å². The Morgan fingerprint density at radius 3 is 2.81 bits per heavy atom. The van der Waals surface area contributed by atoms with Crippen LogP contribution in [-0.2, 0) is 13.0 Å². The zero-order valence-corrected chi connectivity index (χ0v) is 13.5. The van der Waals surface area contributed by atoms with Crippen molar-refractivity contribution in [3.05, 3.63) is 57.8 Å². The van der Waals surface area contributed by atoms with Gasteiger partial charge in [0.15, 0.2) is 5.96 Å². The Morgan fingerprint density at radius 2 is 2.10 bits per heavy atom. The Hall–Kier alpha value is -1.81. The molecule has 0 unspecified atom stereocenters. The van der Waals surface area contributed by atoms with Crippen molar-refractivity contribution < 1.29 is 0 Å². The molecule has 0 aliphatic carbocycles. The van der Waals surface area contributed by atoms with Crippen LogP contribution in [-0.4, -0.2) is 19.0 Å². The molecule has 2 N–H and O–H groups in total. The van der Waals surface area contributed by atoms with E-state index in [1.54, 1.807) is 11.3 Å². The number of nitrogens with one attached hydrogen (secondary N) is 2. The standard InChI is InChI=1S/C17H23N3S/c1-3-18-17(19-10-9-16-8-5-11-21-16)20-13-15-7-4-6-14(2)12-15/h4-8,11-12H,3,9-10,13H2,1-2H3,(H2,18,19,20). The number of thiophene rings is 1. The second kappa shape index (κ2) is 8.47. The van der Waals surface area contributed by atoms with Crippen molar-refractivity contribution >= 4 is 17.3 Å². The third-order valence-electron chi connectivity index (χ3n) is 3.09. The van der Waals surface area contributed by atoms with E-state index in [-0.39, 0.29) is 0 Å². The lowest BCUT2D eigenvalue weighted by Gasteiger charge is -2.11. The molecule has 0 radical (unpaired) electrons. The van der Waals surface area contributed by atoms with Crippen molar-refractivity contribution in [2.75, 3.05) is 13.1 Å². The van der Waals surface area contributed by atoms with Crippen molar-refractivity contribution in [3.8, 4) is 0 Å². The van der Waals surface area contributed by atoms with Gasteiger partial charge in [-0.25, -0.2) is 4.99 Å². The van der Waals surface area contributed by atoms with Crippen LogP contribution in [0.2, 0.25) is 0 Å². The van der Waals surface area contributed by atoms with E-state index in [2.05, 4.69) is 71.3 Å². The van der Waals surface area contributed by atoms with Gasteiger partial charge < -0.3 is 10.6 Å². The Balaban J connectivity index is 1.86. The highest BCUT2D eigenvalue weighted by molar-refractivity contribution is 7.09.